The molecule has 0 radical (unpaired) electrons. The summed E-state index contributed by atoms with van der Waals surface area (Å²) in [6.45, 7) is 5.50. The molecule has 4 amide bonds. The lowest BCUT2D eigenvalue weighted by molar-refractivity contribution is -0.197. The van der Waals surface area contributed by atoms with Gasteiger partial charge in [-0.05, 0) is 118 Å². The molecule has 340 valence electrons. The number of carbonyl (C=O) groups is 4. The fraction of sp³-hybridized carbons (Fsp3) is 0.523. The SMILES string of the molecule is COc1ccc2c(O[C@@H]3C[C@H]4C(=O)N[C@]5(C(=O)NS(=O)(=O)C6(C)CC6)C[C@H]5/C=C\CC[C@@H](C)C[C@@H](C)[C@H](NC(=O)O[C@H](C)C(F)(F)F)C(=O)N4C3)nc(-c3ccc(F)cc3)cc2c1. The van der Waals surface area contributed by atoms with Gasteiger partial charge in [0.25, 0.3) is 5.91 Å². The molecule has 2 aromatic carbocycles. The van der Waals surface area contributed by atoms with Crippen molar-refractivity contribution in [3.63, 3.8) is 0 Å². The molecule has 8 atom stereocenters. The summed E-state index contributed by atoms with van der Waals surface area (Å²) in [5, 5.41) is 6.31. The van der Waals surface area contributed by atoms with Gasteiger partial charge in [0.15, 0.2) is 6.10 Å². The summed E-state index contributed by atoms with van der Waals surface area (Å²) in [5.41, 5.74) is -0.728. The van der Waals surface area contributed by atoms with Crippen molar-refractivity contribution < 1.29 is 59.4 Å². The van der Waals surface area contributed by atoms with Crippen LogP contribution in [0.3, 0.4) is 0 Å². The van der Waals surface area contributed by atoms with E-state index in [1.165, 1.54) is 26.2 Å². The average molecular weight is 902 g/mol. The Hall–Kier alpha value is -5.46. The molecule has 4 aliphatic rings. The Morgan fingerprint density at radius 3 is 2.43 bits per heavy atom. The van der Waals surface area contributed by atoms with E-state index in [0.717, 1.165) is 4.90 Å². The summed E-state index contributed by atoms with van der Waals surface area (Å²) >= 11 is 0. The molecule has 2 aliphatic carbocycles. The van der Waals surface area contributed by atoms with Crippen molar-refractivity contribution in [1.82, 2.24) is 25.2 Å². The second-order valence-electron chi connectivity index (χ2n) is 17.6. The lowest BCUT2D eigenvalue weighted by Gasteiger charge is -2.33. The zero-order chi connectivity index (χ0) is 45.6. The van der Waals surface area contributed by atoms with Gasteiger partial charge in [0.1, 0.15) is 35.3 Å². The van der Waals surface area contributed by atoms with Gasteiger partial charge in [0, 0.05) is 23.3 Å². The molecule has 0 spiro atoms. The Kier molecular flexibility index (Phi) is 12.5. The lowest BCUT2D eigenvalue weighted by Crippen LogP contribution is -2.59. The number of pyridine rings is 1. The highest BCUT2D eigenvalue weighted by Gasteiger charge is 2.63. The van der Waals surface area contributed by atoms with Crippen molar-refractivity contribution in [2.45, 2.75) is 113 Å². The number of amides is 4. The van der Waals surface area contributed by atoms with Crippen LogP contribution in [-0.2, 0) is 29.1 Å². The van der Waals surface area contributed by atoms with Crippen molar-refractivity contribution in [3.05, 3.63) is 66.5 Å². The number of fused-ring (bicyclic) bond motifs is 3. The number of alkyl halides is 3. The smallest absolute Gasteiger partial charge is 0.425 e. The Balaban J connectivity index is 1.26. The van der Waals surface area contributed by atoms with Gasteiger partial charge in [-0.15, -0.1) is 0 Å². The van der Waals surface area contributed by atoms with E-state index in [2.05, 4.69) is 20.1 Å². The molecule has 3 aromatic rings. The minimum Gasteiger partial charge on any atom is -0.497 e. The zero-order valence-corrected chi connectivity index (χ0v) is 36.3. The first-order chi connectivity index (χ1) is 29.6. The fourth-order valence-electron chi connectivity index (χ4n) is 8.33. The van der Waals surface area contributed by atoms with Crippen LogP contribution in [0.4, 0.5) is 22.4 Å². The molecule has 2 aliphatic heterocycles. The summed E-state index contributed by atoms with van der Waals surface area (Å²) in [5.74, 6) is -3.71. The van der Waals surface area contributed by atoms with Gasteiger partial charge in [0.2, 0.25) is 27.7 Å². The summed E-state index contributed by atoms with van der Waals surface area (Å²) in [4.78, 5) is 62.5. The van der Waals surface area contributed by atoms with E-state index in [9.17, 15) is 45.2 Å². The summed E-state index contributed by atoms with van der Waals surface area (Å²) in [7, 11) is -2.61. The molecule has 3 heterocycles. The van der Waals surface area contributed by atoms with Gasteiger partial charge < -0.3 is 29.7 Å². The second kappa shape index (κ2) is 17.3. The normalized spacial score (nSPS) is 28.2. The van der Waals surface area contributed by atoms with Crippen molar-refractivity contribution >= 4 is 44.6 Å². The van der Waals surface area contributed by atoms with E-state index in [0.29, 0.717) is 66.8 Å². The van der Waals surface area contributed by atoms with Crippen LogP contribution in [0.5, 0.6) is 11.6 Å². The summed E-state index contributed by atoms with van der Waals surface area (Å²) < 4.78 is 98.5. The number of methoxy groups -OCH3 is 1. The van der Waals surface area contributed by atoms with Crippen LogP contribution in [0.2, 0.25) is 0 Å². The molecular formula is C44H51F4N5O9S. The van der Waals surface area contributed by atoms with E-state index in [-0.39, 0.29) is 31.2 Å². The van der Waals surface area contributed by atoms with Crippen LogP contribution in [0, 0.1) is 23.6 Å². The molecule has 0 bridgehead atoms. The number of hydrogen-bond acceptors (Lipinski definition) is 10. The third kappa shape index (κ3) is 9.72. The van der Waals surface area contributed by atoms with Gasteiger partial charge in [-0.3, -0.25) is 19.1 Å². The van der Waals surface area contributed by atoms with E-state index in [4.69, 9.17) is 14.5 Å². The largest absolute Gasteiger partial charge is 0.497 e. The standard InChI is InChI=1S/C44H51F4N5O9S/c1-24-8-6-7-9-29-22-43(29,40(56)52-63(58,59)42(4)16-17-42)51-37(54)35-21-32(23-53(35)39(55)36(25(2)18-24)50-41(57)61-26(3)44(46,47)48)62-38-33-15-14-31(60-5)19-28(33)20-34(49-38)27-10-12-30(45)13-11-27/h7,9-15,19-20,24-26,29,32,35-36H,6,8,16-18,21-23H2,1-5H3,(H,50,57)(H,51,54)(H,52,56)/b9-7-/t24-,25-,26-,29-,32-,35+,36+,43-/m1/s1. The second-order valence-corrected chi connectivity index (χ2v) is 19.8. The maximum atomic E-state index is 14.9. The van der Waals surface area contributed by atoms with Crippen molar-refractivity contribution in [3.8, 4) is 22.9 Å². The van der Waals surface area contributed by atoms with Crippen LogP contribution in [0.1, 0.15) is 72.6 Å². The number of carbonyl (C=O) groups excluding carboxylic acids is 4. The Labute approximate surface area is 362 Å². The Bertz CT molecular complexity index is 2410. The highest BCUT2D eigenvalue weighted by molar-refractivity contribution is 7.91. The highest BCUT2D eigenvalue weighted by Crippen LogP contribution is 2.48. The zero-order valence-electron chi connectivity index (χ0n) is 35.5. The van der Waals surface area contributed by atoms with E-state index in [1.807, 2.05) is 13.0 Å². The molecule has 63 heavy (non-hydrogen) atoms. The number of nitrogens with zero attached hydrogens (tertiary/aromatic N) is 2. The van der Waals surface area contributed by atoms with Crippen LogP contribution in [0.25, 0.3) is 22.0 Å². The predicted molar refractivity (Wildman–Crippen MR) is 222 cm³/mol. The number of ether oxygens (including phenoxy) is 3. The molecule has 2 saturated carbocycles. The summed E-state index contributed by atoms with van der Waals surface area (Å²) in [6.07, 6.45) is -4.15. The van der Waals surface area contributed by atoms with Gasteiger partial charge in [0.05, 0.1) is 24.1 Å². The molecule has 0 unspecified atom stereocenters. The van der Waals surface area contributed by atoms with Crippen molar-refractivity contribution in [1.29, 1.82) is 0 Å². The third-order valence-corrected chi connectivity index (χ3v) is 14.8. The molecule has 19 heteroatoms. The number of alkyl carbamates (subject to hydrolysis) is 1. The Morgan fingerprint density at radius 2 is 1.76 bits per heavy atom. The minimum atomic E-state index is -4.88. The first kappa shape index (κ1) is 45.6. The molecule has 7 rings (SSSR count). The Morgan fingerprint density at radius 1 is 1.05 bits per heavy atom. The molecular weight excluding hydrogens is 851 g/mol. The van der Waals surface area contributed by atoms with Crippen LogP contribution in [0.15, 0.2) is 60.7 Å². The van der Waals surface area contributed by atoms with Gasteiger partial charge in [-0.2, -0.15) is 13.2 Å². The van der Waals surface area contributed by atoms with Crippen LogP contribution < -0.4 is 24.8 Å². The molecule has 3 fully saturated rings. The third-order valence-electron chi connectivity index (χ3n) is 12.7. The maximum absolute atomic E-state index is 14.9. The molecule has 1 aromatic heterocycles. The summed E-state index contributed by atoms with van der Waals surface area (Å²) in [6, 6.07) is 9.70. The number of halogens is 4. The first-order valence-corrected chi connectivity index (χ1v) is 22.4. The van der Waals surface area contributed by atoms with Crippen molar-refractivity contribution in [2.75, 3.05) is 13.7 Å². The maximum Gasteiger partial charge on any atom is 0.425 e. The van der Waals surface area contributed by atoms with Crippen LogP contribution in [-0.4, -0.2) is 96.5 Å². The minimum absolute atomic E-state index is 0.0646. The van der Waals surface area contributed by atoms with Crippen molar-refractivity contribution in [2.24, 2.45) is 17.8 Å². The number of rotatable bonds is 9. The molecule has 1 saturated heterocycles. The number of benzene rings is 2. The van der Waals surface area contributed by atoms with Gasteiger partial charge in [-0.25, -0.2) is 22.6 Å². The number of allylic oxidation sites excluding steroid dienone is 1. The van der Waals surface area contributed by atoms with E-state index >= 15 is 0 Å². The van der Waals surface area contributed by atoms with E-state index in [1.54, 1.807) is 49.4 Å². The van der Waals surface area contributed by atoms with Gasteiger partial charge >= 0.3 is 12.3 Å². The molecule has 3 N–H and O–H groups in total. The lowest BCUT2D eigenvalue weighted by atomic mass is 9.88. The molecule has 14 nitrogen and oxygen atoms in total. The topological polar surface area (TPSA) is 182 Å². The number of nitrogens with one attached hydrogen (secondary N) is 3. The number of sulfonamides is 1. The first-order valence-electron chi connectivity index (χ1n) is 20.9. The fourth-order valence-corrected chi connectivity index (χ4v) is 9.64. The highest BCUT2D eigenvalue weighted by atomic mass is 32.2. The quantitative estimate of drug-likeness (QED) is 0.162. The monoisotopic (exact) mass is 901 g/mol. The van der Waals surface area contributed by atoms with Gasteiger partial charge in [-0.1, -0.05) is 26.0 Å². The number of aromatic nitrogens is 1. The predicted octanol–water partition coefficient (Wildman–Crippen LogP) is 6.33. The average Bonchev–Trinajstić information content (AvgIpc) is 4.10. The van der Waals surface area contributed by atoms with Crippen LogP contribution >= 0.6 is 0 Å². The van der Waals surface area contributed by atoms with E-state index < -0.39 is 92.2 Å². The number of hydrogen-bond donors (Lipinski definition) is 3.